The van der Waals surface area contributed by atoms with Crippen molar-refractivity contribution in [2.75, 3.05) is 18.5 Å². The van der Waals surface area contributed by atoms with Gasteiger partial charge in [-0.2, -0.15) is 0 Å². The SMILES string of the molecule is O=C(CNC(CO)C1CC1)Nc1ccccc1. The standard InChI is InChI=1S/C13H18N2O2/c16-9-12(10-6-7-10)14-8-13(17)15-11-4-2-1-3-5-11/h1-5,10,12,14,16H,6-9H2,(H,15,17). The van der Waals surface area contributed by atoms with Crippen LogP contribution in [0.2, 0.25) is 0 Å². The van der Waals surface area contributed by atoms with Crippen LogP contribution in [0.5, 0.6) is 0 Å². The van der Waals surface area contributed by atoms with Crippen LogP contribution < -0.4 is 10.6 Å². The number of nitrogens with one attached hydrogen (secondary N) is 2. The molecule has 0 spiro atoms. The first-order valence-electron chi connectivity index (χ1n) is 5.98. The number of aliphatic hydroxyl groups excluding tert-OH is 1. The zero-order valence-electron chi connectivity index (χ0n) is 9.73. The van der Waals surface area contributed by atoms with Crippen LogP contribution in [-0.4, -0.2) is 30.2 Å². The first-order valence-corrected chi connectivity index (χ1v) is 5.98. The molecule has 1 saturated carbocycles. The number of hydrogen-bond acceptors (Lipinski definition) is 3. The van der Waals surface area contributed by atoms with Gasteiger partial charge in [0.05, 0.1) is 13.2 Å². The van der Waals surface area contributed by atoms with E-state index in [0.29, 0.717) is 5.92 Å². The molecule has 0 saturated heterocycles. The van der Waals surface area contributed by atoms with Crippen molar-refractivity contribution in [1.82, 2.24) is 5.32 Å². The minimum absolute atomic E-state index is 0.0662. The smallest absolute Gasteiger partial charge is 0.238 e. The van der Waals surface area contributed by atoms with Gasteiger partial charge in [0.15, 0.2) is 0 Å². The fourth-order valence-corrected chi connectivity index (χ4v) is 1.83. The van der Waals surface area contributed by atoms with Crippen molar-refractivity contribution in [2.24, 2.45) is 5.92 Å². The van der Waals surface area contributed by atoms with Crippen LogP contribution in [-0.2, 0) is 4.79 Å². The zero-order chi connectivity index (χ0) is 12.1. The molecule has 2 rings (SSSR count). The van der Waals surface area contributed by atoms with Crippen LogP contribution in [0, 0.1) is 5.92 Å². The van der Waals surface area contributed by atoms with E-state index in [1.165, 1.54) is 0 Å². The first-order chi connectivity index (χ1) is 8.29. The van der Waals surface area contributed by atoms with Gasteiger partial charge in [0.2, 0.25) is 5.91 Å². The third kappa shape index (κ3) is 3.84. The summed E-state index contributed by atoms with van der Waals surface area (Å²) in [7, 11) is 0. The van der Waals surface area contributed by atoms with E-state index in [0.717, 1.165) is 18.5 Å². The molecule has 1 aromatic rings. The van der Waals surface area contributed by atoms with Gasteiger partial charge in [0.1, 0.15) is 0 Å². The van der Waals surface area contributed by atoms with Crippen LogP contribution in [0.25, 0.3) is 0 Å². The summed E-state index contributed by atoms with van der Waals surface area (Å²) >= 11 is 0. The van der Waals surface area contributed by atoms with Crippen molar-refractivity contribution in [1.29, 1.82) is 0 Å². The number of anilines is 1. The van der Waals surface area contributed by atoms with Gasteiger partial charge in [0, 0.05) is 11.7 Å². The summed E-state index contributed by atoms with van der Waals surface area (Å²) < 4.78 is 0. The Bertz CT molecular complexity index is 363. The van der Waals surface area contributed by atoms with Crippen LogP contribution in [0.1, 0.15) is 12.8 Å². The lowest BCUT2D eigenvalue weighted by Gasteiger charge is -2.14. The molecule has 17 heavy (non-hydrogen) atoms. The monoisotopic (exact) mass is 234 g/mol. The summed E-state index contributed by atoms with van der Waals surface area (Å²) in [6.45, 7) is 0.347. The Labute approximate surface area is 101 Å². The normalized spacial score (nSPS) is 16.5. The molecule has 0 bridgehead atoms. The average Bonchev–Trinajstić information content (AvgIpc) is 3.16. The number of benzene rings is 1. The number of aliphatic hydroxyl groups is 1. The van der Waals surface area contributed by atoms with Gasteiger partial charge < -0.3 is 15.7 Å². The number of carbonyl (C=O) groups is 1. The van der Waals surface area contributed by atoms with E-state index in [9.17, 15) is 4.79 Å². The summed E-state index contributed by atoms with van der Waals surface area (Å²) in [5, 5.41) is 15.0. The quantitative estimate of drug-likeness (QED) is 0.687. The average molecular weight is 234 g/mol. The highest BCUT2D eigenvalue weighted by molar-refractivity contribution is 5.92. The Morgan fingerprint density at radius 3 is 2.65 bits per heavy atom. The molecule has 92 valence electrons. The van der Waals surface area contributed by atoms with Gasteiger partial charge >= 0.3 is 0 Å². The molecule has 3 N–H and O–H groups in total. The molecule has 1 aromatic carbocycles. The van der Waals surface area contributed by atoms with E-state index in [-0.39, 0.29) is 25.1 Å². The summed E-state index contributed by atoms with van der Waals surface area (Å²) in [4.78, 5) is 11.6. The molecule has 4 nitrogen and oxygen atoms in total. The Morgan fingerprint density at radius 2 is 2.06 bits per heavy atom. The summed E-state index contributed by atoms with van der Waals surface area (Å²) in [5.74, 6) is 0.472. The minimum atomic E-state index is -0.0738. The van der Waals surface area contributed by atoms with E-state index in [1.54, 1.807) is 0 Å². The fourth-order valence-electron chi connectivity index (χ4n) is 1.83. The van der Waals surface area contributed by atoms with E-state index >= 15 is 0 Å². The van der Waals surface area contributed by atoms with Gasteiger partial charge in [-0.05, 0) is 30.9 Å². The van der Waals surface area contributed by atoms with Crippen molar-refractivity contribution in [3.8, 4) is 0 Å². The van der Waals surface area contributed by atoms with Crippen molar-refractivity contribution in [3.05, 3.63) is 30.3 Å². The van der Waals surface area contributed by atoms with Crippen molar-refractivity contribution in [3.63, 3.8) is 0 Å². The predicted molar refractivity (Wildman–Crippen MR) is 66.7 cm³/mol. The molecule has 1 aliphatic rings. The van der Waals surface area contributed by atoms with Gasteiger partial charge in [-0.15, -0.1) is 0 Å². The minimum Gasteiger partial charge on any atom is -0.395 e. The van der Waals surface area contributed by atoms with E-state index in [1.807, 2.05) is 30.3 Å². The van der Waals surface area contributed by atoms with E-state index < -0.39 is 0 Å². The highest BCUT2D eigenvalue weighted by Crippen LogP contribution is 2.32. The van der Waals surface area contributed by atoms with Crippen LogP contribution in [0.15, 0.2) is 30.3 Å². The van der Waals surface area contributed by atoms with E-state index in [2.05, 4.69) is 10.6 Å². The lowest BCUT2D eigenvalue weighted by Crippen LogP contribution is -2.39. The largest absolute Gasteiger partial charge is 0.395 e. The summed E-state index contributed by atoms with van der Waals surface area (Å²) in [5.41, 5.74) is 0.797. The third-order valence-corrected chi connectivity index (χ3v) is 2.97. The molecule has 1 aliphatic carbocycles. The molecule has 4 heteroatoms. The molecular formula is C13H18N2O2. The Hall–Kier alpha value is -1.39. The molecular weight excluding hydrogens is 216 g/mol. The summed E-state index contributed by atoms with van der Waals surface area (Å²) in [6.07, 6.45) is 2.30. The maximum atomic E-state index is 11.6. The number of amides is 1. The molecule has 0 aromatic heterocycles. The number of para-hydroxylation sites is 1. The van der Waals surface area contributed by atoms with Crippen LogP contribution in [0.3, 0.4) is 0 Å². The third-order valence-electron chi connectivity index (χ3n) is 2.97. The molecule has 1 atom stereocenters. The molecule has 0 heterocycles. The lowest BCUT2D eigenvalue weighted by molar-refractivity contribution is -0.115. The number of hydrogen-bond donors (Lipinski definition) is 3. The Morgan fingerprint density at radius 1 is 1.35 bits per heavy atom. The molecule has 0 radical (unpaired) electrons. The van der Waals surface area contributed by atoms with Gasteiger partial charge in [-0.25, -0.2) is 0 Å². The number of rotatable bonds is 6. The maximum Gasteiger partial charge on any atom is 0.238 e. The van der Waals surface area contributed by atoms with E-state index in [4.69, 9.17) is 5.11 Å². The van der Waals surface area contributed by atoms with Crippen LogP contribution in [0.4, 0.5) is 5.69 Å². The molecule has 1 unspecified atom stereocenters. The Balaban J connectivity index is 1.73. The Kier molecular flexibility index (Phi) is 4.12. The second-order valence-electron chi connectivity index (χ2n) is 4.42. The second kappa shape index (κ2) is 5.80. The number of carbonyl (C=O) groups excluding carboxylic acids is 1. The highest BCUT2D eigenvalue weighted by atomic mass is 16.3. The first kappa shape index (κ1) is 12.1. The molecule has 1 fully saturated rings. The topological polar surface area (TPSA) is 61.4 Å². The van der Waals surface area contributed by atoms with Crippen LogP contribution >= 0.6 is 0 Å². The lowest BCUT2D eigenvalue weighted by atomic mass is 10.2. The predicted octanol–water partition coefficient (Wildman–Crippen LogP) is 0.986. The second-order valence-corrected chi connectivity index (χ2v) is 4.42. The van der Waals surface area contributed by atoms with Crippen molar-refractivity contribution >= 4 is 11.6 Å². The highest BCUT2D eigenvalue weighted by Gasteiger charge is 2.30. The van der Waals surface area contributed by atoms with Gasteiger partial charge in [-0.1, -0.05) is 18.2 Å². The maximum absolute atomic E-state index is 11.6. The molecule has 1 amide bonds. The van der Waals surface area contributed by atoms with Crippen molar-refractivity contribution in [2.45, 2.75) is 18.9 Å². The molecule has 0 aliphatic heterocycles. The van der Waals surface area contributed by atoms with Gasteiger partial charge in [-0.3, -0.25) is 4.79 Å². The van der Waals surface area contributed by atoms with Crippen molar-refractivity contribution < 1.29 is 9.90 Å². The van der Waals surface area contributed by atoms with Gasteiger partial charge in [0.25, 0.3) is 0 Å². The zero-order valence-corrected chi connectivity index (χ0v) is 9.73. The fraction of sp³-hybridized carbons (Fsp3) is 0.462. The summed E-state index contributed by atoms with van der Waals surface area (Å²) in [6, 6.07) is 9.43.